The van der Waals surface area contributed by atoms with Gasteiger partial charge in [0.2, 0.25) is 0 Å². The number of anilines is 1. The number of carbonyl (C=O) groups is 1. The Kier molecular flexibility index (Phi) is 14.4. The quantitative estimate of drug-likeness (QED) is 0.0373. The fourth-order valence-corrected chi connectivity index (χ4v) is 17.0. The van der Waals surface area contributed by atoms with Crippen LogP contribution in [0.3, 0.4) is 0 Å². The summed E-state index contributed by atoms with van der Waals surface area (Å²) in [5.74, 6) is 1.42. The molecule has 0 saturated carbocycles. The van der Waals surface area contributed by atoms with Crippen LogP contribution in [-0.2, 0) is 22.4 Å². The lowest BCUT2D eigenvalue weighted by Crippen LogP contribution is -2.50. The molecule has 0 amide bonds. The van der Waals surface area contributed by atoms with Gasteiger partial charge in [0.05, 0.1) is 12.7 Å². The molecule has 0 aliphatic carbocycles. The number of fused-ring (bicyclic) bond motifs is 1. The average Bonchev–Trinajstić information content (AvgIpc) is 4.11. The van der Waals surface area contributed by atoms with E-state index in [1.165, 1.54) is 0 Å². The number of benzene rings is 7. The smallest absolute Gasteiger partial charge is 0.258 e. The van der Waals surface area contributed by atoms with Crippen LogP contribution in [0.2, 0.25) is 16.6 Å². The van der Waals surface area contributed by atoms with Crippen LogP contribution in [0.15, 0.2) is 231 Å². The monoisotopic (exact) mass is 1000 g/mol. The topological polar surface area (TPSA) is 99.7 Å². The standard InChI is InChI=1S/C65H63N7O2Si/c1-47(2)75(48(3)4,49(5)6)74-58-39-25-26-50(42-58)45-71-46-51(44-66-71)59(40-41-73)60-43-61(68-64(52-27-13-7-14-28-52,53-29-15-8-16-30-53)54-31-17-9-18-32-54)67-63-62(60)69-70-72(63)65(55-33-19-10-20-34-55,56-35-21-11-22-36-56)57-37-23-12-24-38-57/h7-44,46-49H,45H2,1-6H3,(H,67,68)/b59-40+. The van der Waals surface area contributed by atoms with Crippen LogP contribution < -0.4 is 9.74 Å². The van der Waals surface area contributed by atoms with E-state index in [2.05, 4.69) is 217 Å². The molecule has 0 atom stereocenters. The van der Waals surface area contributed by atoms with Crippen molar-refractivity contribution in [1.82, 2.24) is 29.8 Å². The number of rotatable bonds is 19. The summed E-state index contributed by atoms with van der Waals surface area (Å²) in [4.78, 5) is 18.7. The van der Waals surface area contributed by atoms with Crippen molar-refractivity contribution in [2.24, 2.45) is 0 Å². The number of nitrogens with one attached hydrogen (secondary N) is 1. The number of pyridine rings is 1. The lowest BCUT2D eigenvalue weighted by atomic mass is 9.77. The maximum atomic E-state index is 13.1. The highest BCUT2D eigenvalue weighted by molar-refractivity contribution is 6.78. The fourth-order valence-electron chi connectivity index (χ4n) is 11.7. The van der Waals surface area contributed by atoms with E-state index in [-0.39, 0.29) is 0 Å². The minimum atomic E-state index is -2.20. The second kappa shape index (κ2) is 21.5. The first kappa shape index (κ1) is 50.1. The van der Waals surface area contributed by atoms with Gasteiger partial charge in [-0.3, -0.25) is 9.48 Å². The van der Waals surface area contributed by atoms with Crippen molar-refractivity contribution in [1.29, 1.82) is 0 Å². The Balaban J connectivity index is 1.19. The second-order valence-electron chi connectivity index (χ2n) is 20.2. The van der Waals surface area contributed by atoms with Gasteiger partial charge in [-0.2, -0.15) is 5.10 Å². The summed E-state index contributed by atoms with van der Waals surface area (Å²) < 4.78 is 11.0. The number of aldehydes is 1. The molecule has 1 N–H and O–H groups in total. The van der Waals surface area contributed by atoms with Crippen molar-refractivity contribution < 1.29 is 9.22 Å². The number of aromatic nitrogens is 6. The molecular formula is C65H63N7O2Si. The van der Waals surface area contributed by atoms with Crippen LogP contribution >= 0.6 is 0 Å². The highest BCUT2D eigenvalue weighted by atomic mass is 28.4. The van der Waals surface area contributed by atoms with Gasteiger partial charge in [-0.05, 0) is 85.4 Å². The minimum absolute atomic E-state index is 0.438. The summed E-state index contributed by atoms with van der Waals surface area (Å²) >= 11 is 0. The third-order valence-electron chi connectivity index (χ3n) is 15.0. The Morgan fingerprint density at radius 1 is 0.600 bits per heavy atom. The molecule has 0 aliphatic rings. The molecule has 3 heterocycles. The number of allylic oxidation sites excluding steroid dienone is 1. The molecule has 0 saturated heterocycles. The van der Waals surface area contributed by atoms with Crippen molar-refractivity contribution in [3.8, 4) is 5.75 Å². The van der Waals surface area contributed by atoms with Crippen LogP contribution in [-0.4, -0.2) is 44.4 Å². The highest BCUT2D eigenvalue weighted by Crippen LogP contribution is 2.46. The van der Waals surface area contributed by atoms with Gasteiger partial charge in [-0.1, -0.05) is 241 Å². The van der Waals surface area contributed by atoms with Crippen molar-refractivity contribution in [2.45, 2.75) is 75.8 Å². The first-order chi connectivity index (χ1) is 36.6. The summed E-state index contributed by atoms with van der Waals surface area (Å²) in [5.41, 5.74) is 9.30. The Hall–Kier alpha value is -8.47. The zero-order valence-electron chi connectivity index (χ0n) is 43.5. The van der Waals surface area contributed by atoms with Gasteiger partial charge in [0.25, 0.3) is 8.32 Å². The molecule has 374 valence electrons. The van der Waals surface area contributed by atoms with Crippen LogP contribution in [0.4, 0.5) is 5.82 Å². The molecule has 0 aliphatic heterocycles. The van der Waals surface area contributed by atoms with Crippen molar-refractivity contribution in [3.05, 3.63) is 281 Å². The van der Waals surface area contributed by atoms with Crippen LogP contribution in [0, 0.1) is 0 Å². The Bertz CT molecular complexity index is 3310. The largest absolute Gasteiger partial charge is 0.543 e. The van der Waals surface area contributed by atoms with E-state index in [0.29, 0.717) is 51.3 Å². The predicted octanol–water partition coefficient (Wildman–Crippen LogP) is 14.5. The average molecular weight is 1000 g/mol. The Labute approximate surface area is 441 Å². The van der Waals surface area contributed by atoms with Gasteiger partial charge in [0.1, 0.15) is 34.4 Å². The zero-order chi connectivity index (χ0) is 52.0. The summed E-state index contributed by atoms with van der Waals surface area (Å²) in [6, 6.07) is 73.0. The number of hydrogen-bond donors (Lipinski definition) is 1. The van der Waals surface area contributed by atoms with E-state index in [1.54, 1.807) is 6.08 Å². The first-order valence-corrected chi connectivity index (χ1v) is 28.1. The van der Waals surface area contributed by atoms with E-state index in [1.807, 2.05) is 64.2 Å². The molecule has 0 radical (unpaired) electrons. The molecule has 0 bridgehead atoms. The molecule has 10 heteroatoms. The SMILES string of the molecule is CC(C)[Si](Oc1cccc(Cn2cc(/C(=C\C=O)c3cc(NC(c4ccccc4)(c4ccccc4)c4ccccc4)nc4c3nnn4C(c3ccccc3)(c3ccccc3)c3ccccc3)cn2)c1)(C(C)C)C(C)C. The molecule has 7 aromatic carbocycles. The number of carbonyl (C=O) groups excluding carboxylic acids is 1. The van der Waals surface area contributed by atoms with Gasteiger partial charge in [-0.25, -0.2) is 9.67 Å². The summed E-state index contributed by atoms with van der Waals surface area (Å²) in [6.07, 6.45) is 6.24. The van der Waals surface area contributed by atoms with E-state index in [0.717, 1.165) is 56.5 Å². The Morgan fingerprint density at radius 3 is 1.52 bits per heavy atom. The van der Waals surface area contributed by atoms with E-state index in [4.69, 9.17) is 24.8 Å². The molecular weight excluding hydrogens is 939 g/mol. The Morgan fingerprint density at radius 2 is 1.07 bits per heavy atom. The van der Waals surface area contributed by atoms with Gasteiger partial charge in [-0.15, -0.1) is 5.10 Å². The van der Waals surface area contributed by atoms with E-state index < -0.39 is 19.4 Å². The minimum Gasteiger partial charge on any atom is -0.543 e. The van der Waals surface area contributed by atoms with Crippen molar-refractivity contribution in [3.63, 3.8) is 0 Å². The zero-order valence-corrected chi connectivity index (χ0v) is 44.5. The third-order valence-corrected chi connectivity index (χ3v) is 21.0. The molecule has 0 spiro atoms. The summed E-state index contributed by atoms with van der Waals surface area (Å²) in [5, 5.41) is 19.2. The molecule has 9 nitrogen and oxygen atoms in total. The van der Waals surface area contributed by atoms with E-state index in [9.17, 15) is 4.79 Å². The summed E-state index contributed by atoms with van der Waals surface area (Å²) in [7, 11) is -2.20. The highest BCUT2D eigenvalue weighted by Gasteiger charge is 2.47. The van der Waals surface area contributed by atoms with Crippen molar-refractivity contribution in [2.75, 3.05) is 5.32 Å². The molecule has 10 aromatic rings. The van der Waals surface area contributed by atoms with Gasteiger partial charge in [0, 0.05) is 17.3 Å². The lowest BCUT2D eigenvalue weighted by Gasteiger charge is -2.42. The van der Waals surface area contributed by atoms with Gasteiger partial charge in [0.15, 0.2) is 5.65 Å². The second-order valence-corrected chi connectivity index (χ2v) is 25.6. The molecule has 10 rings (SSSR count). The maximum absolute atomic E-state index is 13.1. The normalized spacial score (nSPS) is 12.4. The van der Waals surface area contributed by atoms with Crippen LogP contribution in [0.5, 0.6) is 5.75 Å². The van der Waals surface area contributed by atoms with Crippen LogP contribution in [0.25, 0.3) is 16.7 Å². The van der Waals surface area contributed by atoms with E-state index >= 15 is 0 Å². The van der Waals surface area contributed by atoms with Gasteiger partial charge < -0.3 is 9.74 Å². The lowest BCUT2D eigenvalue weighted by molar-refractivity contribution is -0.104. The number of hydrogen-bond acceptors (Lipinski definition) is 7. The maximum Gasteiger partial charge on any atom is 0.258 e. The third kappa shape index (κ3) is 9.31. The van der Waals surface area contributed by atoms with Gasteiger partial charge >= 0.3 is 0 Å². The number of nitrogens with zero attached hydrogens (tertiary/aromatic N) is 6. The predicted molar refractivity (Wildman–Crippen MR) is 305 cm³/mol. The first-order valence-electron chi connectivity index (χ1n) is 25.9. The molecule has 3 aromatic heterocycles. The van der Waals surface area contributed by atoms with Crippen molar-refractivity contribution >= 4 is 37.2 Å². The van der Waals surface area contributed by atoms with Crippen LogP contribution in [0.1, 0.15) is 91.6 Å². The fraction of sp³-hybridized carbons (Fsp3) is 0.185. The molecule has 0 fully saturated rings. The molecule has 75 heavy (non-hydrogen) atoms. The molecule has 0 unspecified atom stereocenters. The summed E-state index contributed by atoms with van der Waals surface area (Å²) in [6.45, 7) is 14.3.